The summed E-state index contributed by atoms with van der Waals surface area (Å²) < 4.78 is 42.6. The summed E-state index contributed by atoms with van der Waals surface area (Å²) in [5.41, 5.74) is 5.30. The van der Waals surface area contributed by atoms with Gasteiger partial charge in [-0.3, -0.25) is 0 Å². The van der Waals surface area contributed by atoms with E-state index in [-0.39, 0.29) is 11.6 Å². The second kappa shape index (κ2) is 7.13. The van der Waals surface area contributed by atoms with Gasteiger partial charge in [-0.15, -0.1) is 0 Å². The fourth-order valence-electron chi connectivity index (χ4n) is 1.28. The number of nitrogens with one attached hydrogen (secondary N) is 1. The molecule has 0 aliphatic rings. The van der Waals surface area contributed by atoms with Crippen molar-refractivity contribution in [2.45, 2.75) is 25.9 Å². The zero-order chi connectivity index (χ0) is 14.3. The quantitative estimate of drug-likeness (QED) is 0.749. The fourth-order valence-corrected chi connectivity index (χ4v) is 1.28. The number of anilines is 2. The Morgan fingerprint density at radius 2 is 2.05 bits per heavy atom. The Hall–Kier alpha value is -1.57. The summed E-state index contributed by atoms with van der Waals surface area (Å²) in [6.07, 6.45) is -2.62. The second-order valence-electron chi connectivity index (χ2n) is 3.89. The van der Waals surface area contributed by atoms with E-state index in [4.69, 9.17) is 10.5 Å². The molecule has 8 heteroatoms. The maximum atomic E-state index is 12.4. The van der Waals surface area contributed by atoms with Crippen molar-refractivity contribution in [2.24, 2.45) is 0 Å². The molecule has 108 valence electrons. The zero-order valence-corrected chi connectivity index (χ0v) is 10.6. The smallest absolute Gasteiger partial charge is 0.384 e. The molecular weight excluding hydrogens is 261 g/mol. The van der Waals surface area contributed by atoms with E-state index < -0.39 is 12.0 Å². The number of nitrogen functional groups attached to an aromatic ring is 1. The average molecular weight is 278 g/mol. The van der Waals surface area contributed by atoms with E-state index in [1.165, 1.54) is 6.07 Å². The molecule has 1 aromatic heterocycles. The molecular formula is C11H17F3N4O. The van der Waals surface area contributed by atoms with Gasteiger partial charge in [-0.1, -0.05) is 13.3 Å². The molecule has 1 aromatic rings. The van der Waals surface area contributed by atoms with Crippen LogP contribution >= 0.6 is 0 Å². The minimum absolute atomic E-state index is 0.0407. The lowest BCUT2D eigenvalue weighted by Crippen LogP contribution is -2.16. The highest BCUT2D eigenvalue weighted by molar-refractivity contribution is 5.44. The lowest BCUT2D eigenvalue weighted by molar-refractivity contribution is -0.144. The number of hydrogen-bond acceptors (Lipinski definition) is 5. The first-order valence-corrected chi connectivity index (χ1v) is 5.97. The van der Waals surface area contributed by atoms with Crippen LogP contribution < -0.4 is 11.1 Å². The van der Waals surface area contributed by atoms with Crippen molar-refractivity contribution in [2.75, 3.05) is 30.8 Å². The van der Waals surface area contributed by atoms with Gasteiger partial charge in [-0.2, -0.15) is 13.2 Å². The first kappa shape index (κ1) is 15.5. The minimum Gasteiger partial charge on any atom is -0.384 e. The van der Waals surface area contributed by atoms with E-state index >= 15 is 0 Å². The van der Waals surface area contributed by atoms with Crippen LogP contribution in [0.25, 0.3) is 0 Å². The lowest BCUT2D eigenvalue weighted by Gasteiger charge is -2.10. The van der Waals surface area contributed by atoms with Crippen LogP contribution in [0.5, 0.6) is 0 Å². The zero-order valence-electron chi connectivity index (χ0n) is 10.6. The molecule has 0 unspecified atom stereocenters. The van der Waals surface area contributed by atoms with E-state index in [2.05, 4.69) is 15.3 Å². The van der Waals surface area contributed by atoms with Crippen molar-refractivity contribution >= 4 is 11.6 Å². The molecule has 5 nitrogen and oxygen atoms in total. The van der Waals surface area contributed by atoms with Crippen LogP contribution in [-0.2, 0) is 10.9 Å². The Morgan fingerprint density at radius 3 is 2.68 bits per heavy atom. The number of nitrogens with two attached hydrogens (primary N) is 1. The molecule has 0 aliphatic carbocycles. The third-order valence-corrected chi connectivity index (χ3v) is 2.19. The van der Waals surface area contributed by atoms with Crippen LogP contribution in [-0.4, -0.2) is 29.7 Å². The molecule has 0 saturated heterocycles. The Balaban J connectivity index is 2.48. The van der Waals surface area contributed by atoms with Gasteiger partial charge >= 0.3 is 6.18 Å². The molecule has 1 heterocycles. The van der Waals surface area contributed by atoms with Crippen molar-refractivity contribution in [1.29, 1.82) is 0 Å². The molecule has 19 heavy (non-hydrogen) atoms. The van der Waals surface area contributed by atoms with Crippen LogP contribution in [0.15, 0.2) is 6.07 Å². The maximum absolute atomic E-state index is 12.4. The fraction of sp³-hybridized carbons (Fsp3) is 0.636. The number of alkyl halides is 3. The highest BCUT2D eigenvalue weighted by atomic mass is 19.4. The molecule has 1 rings (SSSR count). The molecule has 0 bridgehead atoms. The Morgan fingerprint density at radius 1 is 1.32 bits per heavy atom. The number of halogens is 3. The molecule has 0 spiro atoms. The molecule has 0 atom stereocenters. The van der Waals surface area contributed by atoms with E-state index in [9.17, 15) is 13.2 Å². The Labute approximate surface area is 109 Å². The van der Waals surface area contributed by atoms with Gasteiger partial charge < -0.3 is 15.8 Å². The van der Waals surface area contributed by atoms with Gasteiger partial charge in [-0.25, -0.2) is 9.97 Å². The predicted molar refractivity (Wildman–Crippen MR) is 65.7 cm³/mol. The van der Waals surface area contributed by atoms with Crippen molar-refractivity contribution < 1.29 is 17.9 Å². The number of rotatable bonds is 7. The summed E-state index contributed by atoms with van der Waals surface area (Å²) in [5.74, 6) is -1.43. The SMILES string of the molecule is CCCCOCCNc1cc(N)nc(C(F)(F)F)n1. The molecule has 0 aliphatic heterocycles. The van der Waals surface area contributed by atoms with E-state index in [0.29, 0.717) is 19.8 Å². The average Bonchev–Trinajstić information content (AvgIpc) is 2.32. The standard InChI is InChI=1S/C11H17F3N4O/c1-2-3-5-19-6-4-16-9-7-8(15)17-10(18-9)11(12,13)14/h7H,2-6H2,1H3,(H3,15,16,17,18). The second-order valence-corrected chi connectivity index (χ2v) is 3.89. The molecule has 0 fully saturated rings. The topological polar surface area (TPSA) is 73.1 Å². The van der Waals surface area contributed by atoms with Gasteiger partial charge in [0, 0.05) is 19.2 Å². The summed E-state index contributed by atoms with van der Waals surface area (Å²) in [5, 5.41) is 2.72. The van der Waals surface area contributed by atoms with Gasteiger partial charge in [0.2, 0.25) is 5.82 Å². The number of unbranched alkanes of at least 4 members (excludes halogenated alkanes) is 1. The first-order chi connectivity index (χ1) is 8.93. The lowest BCUT2D eigenvalue weighted by atomic mass is 10.4. The largest absolute Gasteiger partial charge is 0.451 e. The molecule has 0 saturated carbocycles. The van der Waals surface area contributed by atoms with Crippen molar-refractivity contribution in [3.63, 3.8) is 0 Å². The highest BCUT2D eigenvalue weighted by Gasteiger charge is 2.35. The molecule has 0 radical (unpaired) electrons. The normalized spacial score (nSPS) is 11.6. The summed E-state index contributed by atoms with van der Waals surface area (Å²) in [4.78, 5) is 6.50. The van der Waals surface area contributed by atoms with E-state index in [0.717, 1.165) is 12.8 Å². The van der Waals surface area contributed by atoms with Crippen molar-refractivity contribution in [3.8, 4) is 0 Å². The van der Waals surface area contributed by atoms with E-state index in [1.54, 1.807) is 0 Å². The van der Waals surface area contributed by atoms with Crippen molar-refractivity contribution in [1.82, 2.24) is 9.97 Å². The van der Waals surface area contributed by atoms with Crippen LogP contribution in [0, 0.1) is 0 Å². The monoisotopic (exact) mass is 278 g/mol. The van der Waals surface area contributed by atoms with Gasteiger partial charge in [0.05, 0.1) is 6.61 Å². The van der Waals surface area contributed by atoms with Crippen molar-refractivity contribution in [3.05, 3.63) is 11.9 Å². The van der Waals surface area contributed by atoms with Gasteiger partial charge in [-0.05, 0) is 6.42 Å². The number of ether oxygens (including phenoxy) is 1. The van der Waals surface area contributed by atoms with Crippen LogP contribution in [0.4, 0.5) is 24.8 Å². The van der Waals surface area contributed by atoms with Crippen LogP contribution in [0.2, 0.25) is 0 Å². The first-order valence-electron chi connectivity index (χ1n) is 5.97. The third-order valence-electron chi connectivity index (χ3n) is 2.19. The Kier molecular flexibility index (Phi) is 5.81. The Bertz CT molecular complexity index is 398. The van der Waals surface area contributed by atoms with Gasteiger partial charge in [0.1, 0.15) is 11.6 Å². The molecule has 3 N–H and O–H groups in total. The summed E-state index contributed by atoms with van der Waals surface area (Å²) in [7, 11) is 0. The number of hydrogen-bond donors (Lipinski definition) is 2. The molecule has 0 amide bonds. The van der Waals surface area contributed by atoms with Gasteiger partial charge in [0.25, 0.3) is 0 Å². The van der Waals surface area contributed by atoms with Gasteiger partial charge in [0.15, 0.2) is 0 Å². The maximum Gasteiger partial charge on any atom is 0.451 e. The van der Waals surface area contributed by atoms with E-state index in [1.807, 2.05) is 6.92 Å². The number of nitrogens with zero attached hydrogens (tertiary/aromatic N) is 2. The third kappa shape index (κ3) is 5.73. The molecule has 0 aromatic carbocycles. The predicted octanol–water partition coefficient (Wildman–Crippen LogP) is 2.31. The summed E-state index contributed by atoms with van der Waals surface area (Å²) >= 11 is 0. The highest BCUT2D eigenvalue weighted by Crippen LogP contribution is 2.27. The summed E-state index contributed by atoms with van der Waals surface area (Å²) in [6, 6.07) is 1.25. The van der Waals surface area contributed by atoms with Crippen LogP contribution in [0.1, 0.15) is 25.6 Å². The summed E-state index contributed by atoms with van der Waals surface area (Å²) in [6.45, 7) is 3.44. The minimum atomic E-state index is -4.61. The number of aromatic nitrogens is 2. The van der Waals surface area contributed by atoms with Crippen LogP contribution in [0.3, 0.4) is 0 Å².